The first kappa shape index (κ1) is 13.6. The highest BCUT2D eigenvalue weighted by atomic mass is 19.1. The van der Waals surface area contributed by atoms with Crippen LogP contribution in [0.3, 0.4) is 0 Å². The van der Waals surface area contributed by atoms with E-state index in [1.165, 1.54) is 6.07 Å². The van der Waals surface area contributed by atoms with Gasteiger partial charge in [0.15, 0.2) is 0 Å². The third kappa shape index (κ3) is 3.80. The maximum Gasteiger partial charge on any atom is 0.126 e. The average Bonchev–Trinajstić information content (AvgIpc) is 2.45. The number of benzene rings is 2. The third-order valence-electron chi connectivity index (χ3n) is 3.05. The van der Waals surface area contributed by atoms with E-state index < -0.39 is 0 Å². The van der Waals surface area contributed by atoms with Crippen LogP contribution in [0.4, 0.5) is 4.39 Å². The van der Waals surface area contributed by atoms with Gasteiger partial charge in [-0.25, -0.2) is 4.39 Å². The number of nitrogens with two attached hydrogens (primary N) is 1. The number of halogens is 1. The van der Waals surface area contributed by atoms with Crippen LogP contribution in [0.15, 0.2) is 54.6 Å². The number of ether oxygens (including phenoxy) is 1. The van der Waals surface area contributed by atoms with E-state index in [9.17, 15) is 4.39 Å². The molecule has 19 heavy (non-hydrogen) atoms. The van der Waals surface area contributed by atoms with Crippen molar-refractivity contribution in [3.63, 3.8) is 0 Å². The summed E-state index contributed by atoms with van der Waals surface area (Å²) >= 11 is 0. The molecule has 0 aliphatic carbocycles. The van der Waals surface area contributed by atoms with Crippen LogP contribution in [0, 0.1) is 5.82 Å². The molecule has 0 aliphatic heterocycles. The molecule has 3 heteroatoms. The smallest absolute Gasteiger partial charge is 0.126 e. The minimum atomic E-state index is -0.197. The average molecular weight is 259 g/mol. The van der Waals surface area contributed by atoms with Gasteiger partial charge in [-0.3, -0.25) is 0 Å². The highest BCUT2D eigenvalue weighted by Gasteiger charge is 2.15. The molecule has 2 aromatic rings. The Balaban J connectivity index is 2.07. The standard InChI is InChI=1S/C16H18FNO/c17-16-9-5-4-8-15(16)13(10-11-18)12-19-14-6-2-1-3-7-14/h1-9,13H,10-12,18H2. The number of para-hydroxylation sites is 1. The van der Waals surface area contributed by atoms with Gasteiger partial charge in [0.05, 0.1) is 6.61 Å². The predicted molar refractivity (Wildman–Crippen MR) is 74.7 cm³/mol. The Morgan fingerprint density at radius 3 is 2.37 bits per heavy atom. The molecule has 0 radical (unpaired) electrons. The molecule has 0 aliphatic rings. The van der Waals surface area contributed by atoms with E-state index in [2.05, 4.69) is 0 Å². The lowest BCUT2D eigenvalue weighted by Gasteiger charge is -2.18. The second kappa shape index (κ2) is 6.90. The molecule has 2 rings (SSSR count). The Labute approximate surface area is 113 Å². The molecule has 0 saturated carbocycles. The van der Waals surface area contributed by atoms with Crippen LogP contribution in [0.1, 0.15) is 17.9 Å². The monoisotopic (exact) mass is 259 g/mol. The van der Waals surface area contributed by atoms with Crippen molar-refractivity contribution in [1.29, 1.82) is 0 Å². The Morgan fingerprint density at radius 1 is 1.00 bits per heavy atom. The van der Waals surface area contributed by atoms with Gasteiger partial charge >= 0.3 is 0 Å². The Hall–Kier alpha value is -1.87. The van der Waals surface area contributed by atoms with E-state index in [4.69, 9.17) is 10.5 Å². The fourth-order valence-electron chi connectivity index (χ4n) is 2.05. The molecular formula is C16H18FNO. The second-order valence-electron chi connectivity index (χ2n) is 4.42. The van der Waals surface area contributed by atoms with Crippen LogP contribution in [0.2, 0.25) is 0 Å². The maximum atomic E-state index is 13.8. The summed E-state index contributed by atoms with van der Waals surface area (Å²) in [5.41, 5.74) is 6.28. The van der Waals surface area contributed by atoms with Gasteiger partial charge in [-0.1, -0.05) is 36.4 Å². The minimum absolute atomic E-state index is 0.0218. The largest absolute Gasteiger partial charge is 0.493 e. The number of rotatable bonds is 6. The summed E-state index contributed by atoms with van der Waals surface area (Å²) < 4.78 is 19.5. The van der Waals surface area contributed by atoms with Gasteiger partial charge in [0.25, 0.3) is 0 Å². The van der Waals surface area contributed by atoms with Gasteiger partial charge in [0.1, 0.15) is 11.6 Å². The maximum absolute atomic E-state index is 13.8. The Morgan fingerprint density at radius 2 is 1.68 bits per heavy atom. The highest BCUT2D eigenvalue weighted by molar-refractivity contribution is 5.24. The number of hydrogen-bond donors (Lipinski definition) is 1. The van der Waals surface area contributed by atoms with E-state index in [-0.39, 0.29) is 11.7 Å². The van der Waals surface area contributed by atoms with Crippen LogP contribution in [0.5, 0.6) is 5.75 Å². The molecule has 2 aromatic carbocycles. The van der Waals surface area contributed by atoms with Crippen molar-refractivity contribution in [1.82, 2.24) is 0 Å². The lowest BCUT2D eigenvalue weighted by atomic mass is 9.96. The lowest BCUT2D eigenvalue weighted by Crippen LogP contribution is -2.16. The molecule has 2 N–H and O–H groups in total. The minimum Gasteiger partial charge on any atom is -0.493 e. The molecule has 0 spiro atoms. The van der Waals surface area contributed by atoms with Crippen molar-refractivity contribution in [3.8, 4) is 5.75 Å². The van der Waals surface area contributed by atoms with E-state index in [0.29, 0.717) is 25.1 Å². The summed E-state index contributed by atoms with van der Waals surface area (Å²) in [6.07, 6.45) is 0.702. The summed E-state index contributed by atoms with van der Waals surface area (Å²) in [5, 5.41) is 0. The summed E-state index contributed by atoms with van der Waals surface area (Å²) in [7, 11) is 0. The van der Waals surface area contributed by atoms with E-state index in [1.54, 1.807) is 12.1 Å². The first-order valence-corrected chi connectivity index (χ1v) is 6.43. The molecule has 2 nitrogen and oxygen atoms in total. The zero-order chi connectivity index (χ0) is 13.5. The first-order valence-electron chi connectivity index (χ1n) is 6.43. The molecule has 0 bridgehead atoms. The van der Waals surface area contributed by atoms with Gasteiger partial charge in [-0.05, 0) is 36.7 Å². The SMILES string of the molecule is NCCC(COc1ccccc1)c1ccccc1F. The predicted octanol–water partition coefficient (Wildman–Crippen LogP) is 3.34. The Bertz CT molecular complexity index is 501. The summed E-state index contributed by atoms with van der Waals surface area (Å²) in [6.45, 7) is 0.944. The molecule has 0 heterocycles. The van der Waals surface area contributed by atoms with Gasteiger partial charge in [0.2, 0.25) is 0 Å². The van der Waals surface area contributed by atoms with Crippen LogP contribution >= 0.6 is 0 Å². The Kier molecular flexibility index (Phi) is 4.93. The van der Waals surface area contributed by atoms with E-state index >= 15 is 0 Å². The first-order chi connectivity index (χ1) is 9.31. The zero-order valence-corrected chi connectivity index (χ0v) is 10.8. The molecule has 0 aromatic heterocycles. The molecule has 0 amide bonds. The molecule has 0 saturated heterocycles. The van der Waals surface area contributed by atoms with Gasteiger partial charge in [-0.2, -0.15) is 0 Å². The summed E-state index contributed by atoms with van der Waals surface area (Å²) in [6, 6.07) is 16.3. The normalized spacial score (nSPS) is 12.1. The van der Waals surface area contributed by atoms with Crippen molar-refractivity contribution in [3.05, 3.63) is 66.0 Å². The zero-order valence-electron chi connectivity index (χ0n) is 10.8. The lowest BCUT2D eigenvalue weighted by molar-refractivity contribution is 0.280. The van der Waals surface area contributed by atoms with Gasteiger partial charge < -0.3 is 10.5 Å². The third-order valence-corrected chi connectivity index (χ3v) is 3.05. The number of hydrogen-bond acceptors (Lipinski definition) is 2. The quantitative estimate of drug-likeness (QED) is 0.863. The molecule has 100 valence electrons. The van der Waals surface area contributed by atoms with Gasteiger partial charge in [-0.15, -0.1) is 0 Å². The van der Waals surface area contributed by atoms with Crippen molar-refractivity contribution < 1.29 is 9.13 Å². The van der Waals surface area contributed by atoms with Crippen LogP contribution in [-0.4, -0.2) is 13.2 Å². The van der Waals surface area contributed by atoms with Crippen LogP contribution < -0.4 is 10.5 Å². The molecule has 1 unspecified atom stereocenters. The van der Waals surface area contributed by atoms with Gasteiger partial charge in [0, 0.05) is 5.92 Å². The van der Waals surface area contributed by atoms with Crippen molar-refractivity contribution in [2.45, 2.75) is 12.3 Å². The topological polar surface area (TPSA) is 35.2 Å². The summed E-state index contributed by atoms with van der Waals surface area (Å²) in [4.78, 5) is 0. The van der Waals surface area contributed by atoms with Crippen LogP contribution in [0.25, 0.3) is 0 Å². The van der Waals surface area contributed by atoms with E-state index in [0.717, 1.165) is 5.75 Å². The van der Waals surface area contributed by atoms with Crippen molar-refractivity contribution >= 4 is 0 Å². The highest BCUT2D eigenvalue weighted by Crippen LogP contribution is 2.23. The van der Waals surface area contributed by atoms with Crippen LogP contribution in [-0.2, 0) is 0 Å². The fraction of sp³-hybridized carbons (Fsp3) is 0.250. The van der Waals surface area contributed by atoms with Crippen molar-refractivity contribution in [2.24, 2.45) is 5.73 Å². The van der Waals surface area contributed by atoms with Crippen molar-refractivity contribution in [2.75, 3.05) is 13.2 Å². The summed E-state index contributed by atoms with van der Waals surface area (Å²) in [5.74, 6) is 0.574. The second-order valence-corrected chi connectivity index (χ2v) is 4.42. The molecule has 0 fully saturated rings. The molecule has 1 atom stereocenters. The fourth-order valence-corrected chi connectivity index (χ4v) is 2.05. The van der Waals surface area contributed by atoms with E-state index in [1.807, 2.05) is 36.4 Å². The molecular weight excluding hydrogens is 241 g/mol.